The molecule has 5 rings (SSSR count). The number of methoxy groups -OCH3 is 2. The molecule has 0 radical (unpaired) electrons. The summed E-state index contributed by atoms with van der Waals surface area (Å²) in [5.41, 5.74) is 9.21. The Bertz CT molecular complexity index is 1670. The van der Waals surface area contributed by atoms with E-state index in [4.69, 9.17) is 24.4 Å². The number of primary amides is 1. The van der Waals surface area contributed by atoms with Gasteiger partial charge < -0.3 is 29.3 Å². The Labute approximate surface area is 231 Å². The summed E-state index contributed by atoms with van der Waals surface area (Å²) in [7, 11) is 3.14. The van der Waals surface area contributed by atoms with E-state index < -0.39 is 11.9 Å². The summed E-state index contributed by atoms with van der Waals surface area (Å²) in [6, 6.07) is 15.5. The monoisotopic (exact) mass is 542 g/mol. The molecule has 0 fully saturated rings. The lowest BCUT2D eigenvalue weighted by Gasteiger charge is -2.25. The van der Waals surface area contributed by atoms with Crippen molar-refractivity contribution in [3.63, 3.8) is 0 Å². The third-order valence-corrected chi connectivity index (χ3v) is 7.25. The van der Waals surface area contributed by atoms with E-state index >= 15 is 0 Å². The third-order valence-electron chi connectivity index (χ3n) is 7.25. The maximum Gasteiger partial charge on any atom is 0.290 e. The normalized spacial score (nSPS) is 14.3. The molecule has 1 aromatic heterocycles. The molecule has 3 aromatic carbocycles. The molecule has 0 saturated heterocycles. The van der Waals surface area contributed by atoms with Crippen LogP contribution in [-0.4, -0.2) is 44.1 Å². The number of carbonyl (C=O) groups excluding carboxylic acids is 2. The minimum absolute atomic E-state index is 0.0483. The summed E-state index contributed by atoms with van der Waals surface area (Å²) >= 11 is 0. The van der Waals surface area contributed by atoms with Crippen molar-refractivity contribution in [2.75, 3.05) is 27.4 Å². The second kappa shape index (κ2) is 10.8. The minimum Gasteiger partial charge on any atom is -0.493 e. The quantitative estimate of drug-likeness (QED) is 0.338. The molecule has 40 heavy (non-hydrogen) atoms. The Hall–Kier alpha value is -4.79. The first-order chi connectivity index (χ1) is 19.2. The van der Waals surface area contributed by atoms with Crippen molar-refractivity contribution in [1.29, 1.82) is 0 Å². The lowest BCUT2D eigenvalue weighted by atomic mass is 9.97. The summed E-state index contributed by atoms with van der Waals surface area (Å²) < 4.78 is 22.3. The molecule has 1 aliphatic heterocycles. The molecule has 1 atom stereocenters. The maximum atomic E-state index is 13.9. The van der Waals surface area contributed by atoms with Gasteiger partial charge >= 0.3 is 0 Å². The molecular weight excluding hydrogens is 512 g/mol. The van der Waals surface area contributed by atoms with Crippen LogP contribution < -0.4 is 25.4 Å². The minimum atomic E-state index is -0.671. The fourth-order valence-corrected chi connectivity index (χ4v) is 5.04. The molecule has 2 amide bonds. The highest BCUT2D eigenvalue weighted by Gasteiger charge is 2.42. The van der Waals surface area contributed by atoms with Gasteiger partial charge in [-0.3, -0.25) is 14.4 Å². The second-order valence-corrected chi connectivity index (χ2v) is 9.77. The van der Waals surface area contributed by atoms with Crippen LogP contribution in [0.2, 0.25) is 0 Å². The molecule has 0 saturated carbocycles. The molecule has 1 aliphatic rings. The van der Waals surface area contributed by atoms with Crippen LogP contribution >= 0.6 is 0 Å². The Morgan fingerprint density at radius 1 is 0.950 bits per heavy atom. The first kappa shape index (κ1) is 26.8. The zero-order valence-corrected chi connectivity index (χ0v) is 22.8. The Kier molecular flexibility index (Phi) is 7.21. The summed E-state index contributed by atoms with van der Waals surface area (Å²) in [6.45, 7) is 3.93. The number of fused-ring (bicyclic) bond motifs is 2. The molecule has 206 valence electrons. The molecule has 0 bridgehead atoms. The predicted molar refractivity (Wildman–Crippen MR) is 149 cm³/mol. The smallest absolute Gasteiger partial charge is 0.290 e. The van der Waals surface area contributed by atoms with Gasteiger partial charge in [0.15, 0.2) is 23.5 Å². The van der Waals surface area contributed by atoms with Crippen molar-refractivity contribution in [2.24, 2.45) is 5.73 Å². The first-order valence-electron chi connectivity index (χ1n) is 12.8. The van der Waals surface area contributed by atoms with E-state index in [1.807, 2.05) is 38.1 Å². The van der Waals surface area contributed by atoms with Gasteiger partial charge in [0.25, 0.3) is 11.8 Å². The van der Waals surface area contributed by atoms with Gasteiger partial charge in [-0.15, -0.1) is 0 Å². The number of carbonyl (C=O) groups is 2. The average Bonchev–Trinajstić information content (AvgIpc) is 3.23. The molecule has 9 nitrogen and oxygen atoms in total. The van der Waals surface area contributed by atoms with E-state index in [2.05, 4.69) is 0 Å². The van der Waals surface area contributed by atoms with Crippen molar-refractivity contribution in [3.05, 3.63) is 98.4 Å². The van der Waals surface area contributed by atoms with Gasteiger partial charge in [0.05, 0.1) is 31.2 Å². The summed E-state index contributed by atoms with van der Waals surface area (Å²) in [6.07, 6.45) is 0.502. The zero-order chi connectivity index (χ0) is 28.6. The van der Waals surface area contributed by atoms with Crippen molar-refractivity contribution < 1.29 is 28.2 Å². The largest absolute Gasteiger partial charge is 0.493 e. The van der Waals surface area contributed by atoms with Crippen molar-refractivity contribution in [3.8, 4) is 17.2 Å². The fourth-order valence-electron chi connectivity index (χ4n) is 5.04. The number of nitrogens with two attached hydrogens (primary N) is 1. The number of nitrogens with zero attached hydrogens (tertiary/aromatic N) is 1. The van der Waals surface area contributed by atoms with Crippen molar-refractivity contribution in [2.45, 2.75) is 26.3 Å². The highest BCUT2D eigenvalue weighted by molar-refractivity contribution is 5.99. The highest BCUT2D eigenvalue weighted by Crippen LogP contribution is 2.39. The Balaban J connectivity index is 1.57. The van der Waals surface area contributed by atoms with Gasteiger partial charge in [0, 0.05) is 6.54 Å². The van der Waals surface area contributed by atoms with Crippen LogP contribution in [0.5, 0.6) is 17.2 Å². The Morgan fingerprint density at radius 3 is 2.33 bits per heavy atom. The van der Waals surface area contributed by atoms with Crippen LogP contribution in [0.4, 0.5) is 0 Å². The van der Waals surface area contributed by atoms with E-state index in [1.54, 1.807) is 49.5 Å². The van der Waals surface area contributed by atoms with E-state index in [9.17, 15) is 14.4 Å². The van der Waals surface area contributed by atoms with Crippen LogP contribution in [0.25, 0.3) is 11.0 Å². The number of hydrogen-bond donors (Lipinski definition) is 1. The summed E-state index contributed by atoms with van der Waals surface area (Å²) in [4.78, 5) is 40.4. The number of hydrogen-bond acceptors (Lipinski definition) is 7. The number of amides is 2. The van der Waals surface area contributed by atoms with Crippen molar-refractivity contribution in [1.82, 2.24) is 4.90 Å². The summed E-state index contributed by atoms with van der Waals surface area (Å²) in [5, 5.41) is 0.433. The van der Waals surface area contributed by atoms with Crippen LogP contribution in [0.15, 0.2) is 63.8 Å². The van der Waals surface area contributed by atoms with Gasteiger partial charge in [0.2, 0.25) is 5.76 Å². The molecule has 0 aliphatic carbocycles. The van der Waals surface area contributed by atoms with E-state index in [0.717, 1.165) is 16.7 Å². The SMILES string of the molecule is COc1ccc(CCN2C(=O)c3oc4cc(C)c(C)cc4c(=O)c3C2c2ccc(OCC(N)=O)cc2)cc1OC. The maximum absolute atomic E-state index is 13.9. The lowest BCUT2D eigenvalue weighted by Crippen LogP contribution is -2.31. The molecule has 1 unspecified atom stereocenters. The van der Waals surface area contributed by atoms with Crippen molar-refractivity contribution >= 4 is 22.8 Å². The number of ether oxygens (including phenoxy) is 3. The number of benzene rings is 3. The number of rotatable bonds is 9. The lowest BCUT2D eigenvalue weighted by molar-refractivity contribution is -0.119. The highest BCUT2D eigenvalue weighted by atomic mass is 16.5. The summed E-state index contributed by atoms with van der Waals surface area (Å²) in [5.74, 6) is 0.753. The Morgan fingerprint density at radius 2 is 1.65 bits per heavy atom. The molecule has 0 spiro atoms. The second-order valence-electron chi connectivity index (χ2n) is 9.77. The molecule has 4 aromatic rings. The van der Waals surface area contributed by atoms with Gasteiger partial charge in [-0.05, 0) is 78.9 Å². The van der Waals surface area contributed by atoms with Crippen LogP contribution in [0.3, 0.4) is 0 Å². The topological polar surface area (TPSA) is 121 Å². The zero-order valence-electron chi connectivity index (χ0n) is 22.8. The standard InChI is InChI=1S/C31H30N2O7/c1-17-13-22-24(14-18(17)2)40-30-27(29(22)35)28(20-6-8-21(9-7-20)39-16-26(32)34)33(31(30)36)12-11-19-5-10-23(37-3)25(15-19)38-4/h5-10,13-15,28H,11-12,16H2,1-4H3,(H2,32,34). The molecular formula is C31H30N2O7. The van der Waals surface area contributed by atoms with Gasteiger partial charge in [-0.2, -0.15) is 0 Å². The van der Waals surface area contributed by atoms with Gasteiger partial charge in [-0.1, -0.05) is 18.2 Å². The molecule has 2 heterocycles. The molecule has 9 heteroatoms. The third kappa shape index (κ3) is 4.86. The van der Waals surface area contributed by atoms with Gasteiger partial charge in [0.1, 0.15) is 11.3 Å². The predicted octanol–water partition coefficient (Wildman–Crippen LogP) is 4.08. The average molecular weight is 543 g/mol. The fraction of sp³-hybridized carbons (Fsp3) is 0.258. The van der Waals surface area contributed by atoms with E-state index in [-0.39, 0.29) is 23.7 Å². The molecule has 2 N–H and O–H groups in total. The van der Waals surface area contributed by atoms with E-state index in [1.165, 1.54) is 0 Å². The van der Waals surface area contributed by atoms with Crippen LogP contribution in [-0.2, 0) is 11.2 Å². The van der Waals surface area contributed by atoms with Gasteiger partial charge in [-0.25, -0.2) is 0 Å². The van der Waals surface area contributed by atoms with E-state index in [0.29, 0.717) is 52.3 Å². The van der Waals surface area contributed by atoms with Crippen LogP contribution in [0, 0.1) is 13.8 Å². The van der Waals surface area contributed by atoms with Crippen LogP contribution in [0.1, 0.15) is 44.4 Å². The first-order valence-corrected chi connectivity index (χ1v) is 12.8. The number of aryl methyl sites for hydroxylation is 2.